The largest absolute Gasteiger partial charge is 0.484 e. The van der Waals surface area contributed by atoms with Crippen LogP contribution in [0.1, 0.15) is 80.9 Å². The number of amides is 1. The number of rotatable bonds is 6. The first-order valence-electron chi connectivity index (χ1n) is 20.6. The van der Waals surface area contributed by atoms with Gasteiger partial charge in [0.05, 0.1) is 0 Å². The van der Waals surface area contributed by atoms with E-state index < -0.39 is 5.60 Å². The number of aromatic nitrogens is 2. The van der Waals surface area contributed by atoms with Crippen LogP contribution < -0.4 is 24.3 Å². The summed E-state index contributed by atoms with van der Waals surface area (Å²) in [6, 6.07) is 26.8. The van der Waals surface area contributed by atoms with Gasteiger partial charge in [-0.05, 0) is 93.0 Å². The first-order chi connectivity index (χ1) is 27.7. The monoisotopic (exact) mass is 810 g/mol. The van der Waals surface area contributed by atoms with Crippen LogP contribution >= 0.6 is 12.4 Å². The molecule has 2 aromatic heterocycles. The van der Waals surface area contributed by atoms with Crippen molar-refractivity contribution in [3.63, 3.8) is 0 Å². The summed E-state index contributed by atoms with van der Waals surface area (Å²) in [6.07, 6.45) is 7.85. The third-order valence-corrected chi connectivity index (χ3v) is 12.0. The molecule has 0 radical (unpaired) electrons. The Hall–Kier alpha value is -4.62. The molecule has 6 fully saturated rings. The van der Waals surface area contributed by atoms with E-state index in [2.05, 4.69) is 73.6 Å². The molecule has 12 rings (SSSR count). The lowest BCUT2D eigenvalue weighted by molar-refractivity contribution is -0.0436. The highest BCUT2D eigenvalue weighted by Crippen LogP contribution is 2.36. The molecule has 0 aliphatic carbocycles. The van der Waals surface area contributed by atoms with E-state index in [4.69, 9.17) is 23.7 Å². The lowest BCUT2D eigenvalue weighted by Crippen LogP contribution is -2.63. The van der Waals surface area contributed by atoms with Gasteiger partial charge in [-0.25, -0.2) is 14.8 Å². The van der Waals surface area contributed by atoms with Crippen molar-refractivity contribution in [3.8, 4) is 23.3 Å². The molecular weight excluding hydrogens is 756 g/mol. The van der Waals surface area contributed by atoms with E-state index in [1.807, 2.05) is 49.9 Å². The molecule has 8 aliphatic heterocycles. The SMILES string of the molecule is CC(C)(C)OC(=O)N1C[C@@H]2CC[C@H]1CN2Cc1ccc([C@H]2COc3cccnc3O2)cc1.Cl.c1cnc2c(c1)OC[C@H](c1ccc(CN3C[C@@H]4CC[C@H]3CN4)cc1)O2. The first kappa shape index (κ1) is 40.2. The molecule has 6 atom stereocenters. The van der Waals surface area contributed by atoms with Gasteiger partial charge in [0.2, 0.25) is 0 Å². The van der Waals surface area contributed by atoms with Gasteiger partial charge in [0, 0.05) is 75.8 Å². The van der Waals surface area contributed by atoms with Crippen molar-refractivity contribution in [2.45, 2.75) is 102 Å². The molecule has 308 valence electrons. The fourth-order valence-corrected chi connectivity index (χ4v) is 8.94. The number of hydrogen-bond donors (Lipinski definition) is 1. The maximum Gasteiger partial charge on any atom is 0.410 e. The molecule has 2 aromatic carbocycles. The van der Waals surface area contributed by atoms with Gasteiger partial charge in [-0.3, -0.25) is 9.80 Å². The number of ether oxygens (including phenoxy) is 5. The van der Waals surface area contributed by atoms with Crippen LogP contribution in [0.5, 0.6) is 23.3 Å². The topological polar surface area (TPSA) is 111 Å². The molecule has 13 heteroatoms. The van der Waals surface area contributed by atoms with Gasteiger partial charge in [-0.1, -0.05) is 48.5 Å². The molecule has 12 nitrogen and oxygen atoms in total. The number of fused-ring (bicyclic) bond motifs is 8. The fourth-order valence-electron chi connectivity index (χ4n) is 8.94. The van der Waals surface area contributed by atoms with E-state index in [0.717, 1.165) is 62.4 Å². The Morgan fingerprint density at radius 1 is 0.707 bits per heavy atom. The number of carbonyl (C=O) groups excluding carboxylic acids is 1. The van der Waals surface area contributed by atoms with Crippen LogP contribution in [0.2, 0.25) is 0 Å². The highest BCUT2D eigenvalue weighted by Gasteiger charge is 2.42. The van der Waals surface area contributed by atoms with Crippen LogP contribution in [0, 0.1) is 0 Å². The number of hydrogen-bond acceptors (Lipinski definition) is 11. The van der Waals surface area contributed by atoms with E-state index in [1.54, 1.807) is 12.4 Å². The molecule has 1 amide bonds. The summed E-state index contributed by atoms with van der Waals surface area (Å²) in [5, 5.41) is 3.62. The lowest BCUT2D eigenvalue weighted by Gasteiger charge is -2.51. The van der Waals surface area contributed by atoms with Gasteiger partial charge in [-0.2, -0.15) is 0 Å². The van der Waals surface area contributed by atoms with Crippen LogP contribution in [-0.4, -0.2) is 99.9 Å². The minimum absolute atomic E-state index is 0. The summed E-state index contributed by atoms with van der Waals surface area (Å²) in [6.45, 7) is 12.6. The predicted octanol–water partition coefficient (Wildman–Crippen LogP) is 7.13. The second-order valence-corrected chi connectivity index (χ2v) is 17.1. The van der Waals surface area contributed by atoms with Gasteiger partial charge in [0.15, 0.2) is 23.7 Å². The second kappa shape index (κ2) is 17.3. The average molecular weight is 811 g/mol. The number of halogens is 1. The summed E-state index contributed by atoms with van der Waals surface area (Å²) >= 11 is 0. The lowest BCUT2D eigenvalue weighted by atomic mass is 9.90. The van der Waals surface area contributed by atoms with Crippen LogP contribution in [0.3, 0.4) is 0 Å². The smallest absolute Gasteiger partial charge is 0.410 e. The zero-order valence-electron chi connectivity index (χ0n) is 33.6. The molecule has 4 aromatic rings. The number of benzene rings is 2. The molecule has 0 spiro atoms. The zero-order valence-corrected chi connectivity index (χ0v) is 34.4. The fraction of sp³-hybridized carbons (Fsp3) is 0.489. The van der Waals surface area contributed by atoms with Gasteiger partial charge in [0.1, 0.15) is 18.8 Å². The minimum atomic E-state index is -0.458. The summed E-state index contributed by atoms with van der Waals surface area (Å²) in [5.74, 6) is 2.55. The van der Waals surface area contributed by atoms with E-state index >= 15 is 0 Å². The Balaban J connectivity index is 0.000000163. The van der Waals surface area contributed by atoms with Gasteiger partial charge >= 0.3 is 6.09 Å². The van der Waals surface area contributed by atoms with E-state index in [0.29, 0.717) is 48.8 Å². The predicted molar refractivity (Wildman–Crippen MR) is 222 cm³/mol. The molecule has 10 heterocycles. The van der Waals surface area contributed by atoms with Crippen molar-refractivity contribution < 1.29 is 28.5 Å². The van der Waals surface area contributed by atoms with Crippen molar-refractivity contribution in [2.24, 2.45) is 0 Å². The number of piperidine rings is 4. The normalized spacial score (nSPS) is 25.9. The summed E-state index contributed by atoms with van der Waals surface area (Å²) < 4.78 is 29.2. The summed E-state index contributed by atoms with van der Waals surface area (Å²) in [7, 11) is 0. The highest BCUT2D eigenvalue weighted by atomic mass is 35.5. The van der Waals surface area contributed by atoms with Crippen molar-refractivity contribution in [3.05, 3.63) is 107 Å². The van der Waals surface area contributed by atoms with Crippen LogP contribution in [0.4, 0.5) is 4.79 Å². The quantitative estimate of drug-likeness (QED) is 0.215. The van der Waals surface area contributed by atoms with Crippen molar-refractivity contribution in [1.82, 2.24) is 30.0 Å². The zero-order chi connectivity index (χ0) is 38.9. The number of nitrogens with one attached hydrogen (secondary N) is 1. The summed E-state index contributed by atoms with van der Waals surface area (Å²) in [4.78, 5) is 28.2. The van der Waals surface area contributed by atoms with Gasteiger partial charge in [-0.15, -0.1) is 12.4 Å². The Bertz CT molecular complexity index is 2010. The number of pyridine rings is 2. The molecule has 8 aliphatic rings. The van der Waals surface area contributed by atoms with E-state index in [-0.39, 0.29) is 36.8 Å². The number of nitrogens with zero attached hydrogens (tertiary/aromatic N) is 5. The molecular formula is C45H55ClN6O6. The van der Waals surface area contributed by atoms with Crippen LogP contribution in [-0.2, 0) is 17.8 Å². The maximum atomic E-state index is 12.6. The Morgan fingerprint density at radius 2 is 1.24 bits per heavy atom. The third-order valence-electron chi connectivity index (χ3n) is 12.0. The molecule has 58 heavy (non-hydrogen) atoms. The van der Waals surface area contributed by atoms with Gasteiger partial charge in [0.25, 0.3) is 11.8 Å². The van der Waals surface area contributed by atoms with Crippen molar-refractivity contribution >= 4 is 18.5 Å². The molecule has 0 saturated carbocycles. The molecule has 6 saturated heterocycles. The standard InChI is InChI=1S/C25H31N3O4.C20H23N3O2.ClH/c1-25(2,3)32-24(29)28-15-19-10-11-20(28)14-27(19)13-17-6-8-18(9-7-17)22-16-30-21-5-4-12-26-23(21)31-22;1-2-18-20(21-9-1)25-19(13-24-18)15-5-3-14(4-6-15)11-23-12-16-7-8-17(23)10-22-16;/h4-9,12,19-20,22H,10-11,13-16H2,1-3H3;1-6,9,16-17,19,22H,7-8,10-13H2;1H/t19-,20-,22+;16-,17-,19+;/m00./s1. The Kier molecular flexibility index (Phi) is 12.0. The van der Waals surface area contributed by atoms with E-state index in [1.165, 1.54) is 30.5 Å². The van der Waals surface area contributed by atoms with E-state index in [9.17, 15) is 4.79 Å². The minimum Gasteiger partial charge on any atom is -0.484 e. The Morgan fingerprint density at radius 3 is 1.71 bits per heavy atom. The first-order valence-corrected chi connectivity index (χ1v) is 20.6. The van der Waals surface area contributed by atoms with Crippen molar-refractivity contribution in [1.29, 1.82) is 0 Å². The molecule has 4 bridgehead atoms. The highest BCUT2D eigenvalue weighted by molar-refractivity contribution is 5.85. The maximum absolute atomic E-state index is 12.6. The van der Waals surface area contributed by atoms with Crippen LogP contribution in [0.15, 0.2) is 85.2 Å². The molecule has 0 unspecified atom stereocenters. The molecule has 1 N–H and O–H groups in total. The Labute approximate surface area is 347 Å². The number of piperazine rings is 2. The third kappa shape index (κ3) is 9.15. The number of carbonyl (C=O) groups is 1. The summed E-state index contributed by atoms with van der Waals surface area (Å²) in [5.41, 5.74) is 4.40. The second-order valence-electron chi connectivity index (χ2n) is 17.1. The van der Waals surface area contributed by atoms with Gasteiger partial charge < -0.3 is 33.9 Å². The van der Waals surface area contributed by atoms with Crippen LogP contribution in [0.25, 0.3) is 0 Å². The average Bonchev–Trinajstić information content (AvgIpc) is 3.24. The van der Waals surface area contributed by atoms with Crippen molar-refractivity contribution in [2.75, 3.05) is 39.4 Å².